The third-order valence-corrected chi connectivity index (χ3v) is 2.86. The van der Waals surface area contributed by atoms with E-state index >= 15 is 0 Å². The van der Waals surface area contributed by atoms with Crippen LogP contribution in [-0.2, 0) is 6.42 Å². The van der Waals surface area contributed by atoms with Crippen LogP contribution in [0.2, 0.25) is 0 Å². The Kier molecular flexibility index (Phi) is 3.19. The maximum Gasteiger partial charge on any atom is 0.164 e. The second kappa shape index (κ2) is 4.79. The highest BCUT2D eigenvalue weighted by Gasteiger charge is 2.05. The largest absolute Gasteiger partial charge is 0.294 e. The summed E-state index contributed by atoms with van der Waals surface area (Å²) < 4.78 is 0. The van der Waals surface area contributed by atoms with Gasteiger partial charge in [-0.3, -0.25) is 4.79 Å². The van der Waals surface area contributed by atoms with Crippen molar-refractivity contribution in [3.8, 4) is 0 Å². The van der Waals surface area contributed by atoms with Gasteiger partial charge in [-0.2, -0.15) is 21.5 Å². The van der Waals surface area contributed by atoms with E-state index < -0.39 is 0 Å². The van der Waals surface area contributed by atoms with Gasteiger partial charge in [-0.1, -0.05) is 0 Å². The molecule has 2 heterocycles. The molecular weight excluding hydrogens is 208 g/mol. The van der Waals surface area contributed by atoms with E-state index in [-0.39, 0.29) is 5.78 Å². The predicted molar refractivity (Wildman–Crippen MR) is 59.0 cm³/mol. The summed E-state index contributed by atoms with van der Waals surface area (Å²) in [4.78, 5) is 11.7. The number of hydrogen-bond donors (Lipinski definition) is 0. The number of carbonyl (C=O) groups excluding carboxylic acids is 1. The molecule has 3 nitrogen and oxygen atoms in total. The molecule has 2 rings (SSSR count). The monoisotopic (exact) mass is 218 g/mol. The molecule has 2 aromatic heterocycles. The number of Topliss-reactive ketones (excluding diaryl/α,β-unsaturated/α-hetero) is 1. The number of aryl methyl sites for hydroxylation is 1. The number of nitrogens with zero attached hydrogens (tertiary/aromatic N) is 2. The van der Waals surface area contributed by atoms with E-state index in [2.05, 4.69) is 15.6 Å². The molecule has 0 aliphatic rings. The van der Waals surface area contributed by atoms with Gasteiger partial charge in [0.15, 0.2) is 5.78 Å². The van der Waals surface area contributed by atoms with E-state index in [1.165, 1.54) is 18.0 Å². The van der Waals surface area contributed by atoms with Crippen LogP contribution >= 0.6 is 11.3 Å². The van der Waals surface area contributed by atoms with E-state index in [0.717, 1.165) is 6.42 Å². The minimum atomic E-state index is 0.121. The molecule has 0 fully saturated rings. The Morgan fingerprint density at radius 1 is 1.33 bits per heavy atom. The first kappa shape index (κ1) is 9.98. The Balaban J connectivity index is 1.94. The van der Waals surface area contributed by atoms with E-state index in [9.17, 15) is 4.79 Å². The number of ketones is 1. The van der Waals surface area contributed by atoms with Crippen molar-refractivity contribution < 1.29 is 4.79 Å². The van der Waals surface area contributed by atoms with Crippen molar-refractivity contribution in [1.29, 1.82) is 0 Å². The molecule has 0 bridgehead atoms. The molecule has 0 atom stereocenters. The van der Waals surface area contributed by atoms with Crippen molar-refractivity contribution in [3.63, 3.8) is 0 Å². The van der Waals surface area contributed by atoms with Crippen LogP contribution in [0.3, 0.4) is 0 Å². The molecule has 15 heavy (non-hydrogen) atoms. The molecule has 0 amide bonds. The maximum atomic E-state index is 11.7. The van der Waals surface area contributed by atoms with Crippen molar-refractivity contribution in [2.75, 3.05) is 0 Å². The average Bonchev–Trinajstić information content (AvgIpc) is 2.80. The average molecular weight is 218 g/mol. The van der Waals surface area contributed by atoms with Crippen LogP contribution < -0.4 is 0 Å². The number of hydrogen-bond acceptors (Lipinski definition) is 4. The van der Waals surface area contributed by atoms with Crippen LogP contribution in [0.15, 0.2) is 35.3 Å². The third kappa shape index (κ3) is 2.70. The van der Waals surface area contributed by atoms with Gasteiger partial charge in [0.25, 0.3) is 0 Å². The Labute approximate surface area is 91.8 Å². The summed E-state index contributed by atoms with van der Waals surface area (Å²) in [7, 11) is 0. The Hall–Kier alpha value is -1.55. The molecular formula is C11H10N2OS. The van der Waals surface area contributed by atoms with Crippen molar-refractivity contribution >= 4 is 17.1 Å². The SMILES string of the molecule is O=C(CCc1ccsc1)c1ccnnc1. The zero-order chi connectivity index (χ0) is 10.5. The topological polar surface area (TPSA) is 42.9 Å². The Morgan fingerprint density at radius 3 is 2.93 bits per heavy atom. The molecule has 0 spiro atoms. The van der Waals surface area contributed by atoms with E-state index in [1.807, 2.05) is 11.4 Å². The zero-order valence-corrected chi connectivity index (χ0v) is 8.91. The van der Waals surface area contributed by atoms with E-state index in [1.54, 1.807) is 17.4 Å². The smallest absolute Gasteiger partial charge is 0.164 e. The molecule has 0 saturated heterocycles. The van der Waals surface area contributed by atoms with Gasteiger partial charge < -0.3 is 0 Å². The minimum absolute atomic E-state index is 0.121. The number of carbonyl (C=O) groups is 1. The molecule has 76 valence electrons. The van der Waals surface area contributed by atoms with Crippen molar-refractivity contribution in [2.45, 2.75) is 12.8 Å². The minimum Gasteiger partial charge on any atom is -0.294 e. The lowest BCUT2D eigenvalue weighted by Gasteiger charge is -1.98. The summed E-state index contributed by atoms with van der Waals surface area (Å²) in [5, 5.41) is 11.4. The fraction of sp³-hybridized carbons (Fsp3) is 0.182. The van der Waals surface area contributed by atoms with Gasteiger partial charge in [0.05, 0.1) is 12.4 Å². The molecule has 0 radical (unpaired) electrons. The van der Waals surface area contributed by atoms with Crippen LogP contribution in [-0.4, -0.2) is 16.0 Å². The Bertz CT molecular complexity index is 425. The second-order valence-electron chi connectivity index (χ2n) is 3.19. The lowest BCUT2D eigenvalue weighted by atomic mass is 10.1. The van der Waals surface area contributed by atoms with Crippen LogP contribution in [0, 0.1) is 0 Å². The lowest BCUT2D eigenvalue weighted by molar-refractivity contribution is 0.0982. The maximum absolute atomic E-state index is 11.7. The fourth-order valence-corrected chi connectivity index (χ4v) is 2.00. The van der Waals surface area contributed by atoms with Crippen molar-refractivity contribution in [3.05, 3.63) is 46.4 Å². The van der Waals surface area contributed by atoms with Crippen LogP contribution in [0.5, 0.6) is 0 Å². The summed E-state index contributed by atoms with van der Waals surface area (Å²) in [6, 6.07) is 3.74. The summed E-state index contributed by atoms with van der Waals surface area (Å²) in [6.45, 7) is 0. The first-order valence-electron chi connectivity index (χ1n) is 4.67. The van der Waals surface area contributed by atoms with Crippen LogP contribution in [0.1, 0.15) is 22.3 Å². The number of aromatic nitrogens is 2. The number of rotatable bonds is 4. The molecule has 0 aliphatic carbocycles. The molecule has 0 N–H and O–H groups in total. The number of thiophene rings is 1. The summed E-state index contributed by atoms with van der Waals surface area (Å²) in [5.74, 6) is 0.121. The molecule has 0 aliphatic heterocycles. The van der Waals surface area contributed by atoms with Gasteiger partial charge >= 0.3 is 0 Å². The summed E-state index contributed by atoms with van der Waals surface area (Å²) in [6.07, 6.45) is 4.38. The van der Waals surface area contributed by atoms with Gasteiger partial charge in [-0.05, 0) is 34.9 Å². The molecule has 4 heteroatoms. The first-order chi connectivity index (χ1) is 7.36. The summed E-state index contributed by atoms with van der Waals surface area (Å²) in [5.41, 5.74) is 1.86. The van der Waals surface area contributed by atoms with Crippen molar-refractivity contribution in [2.24, 2.45) is 0 Å². The van der Waals surface area contributed by atoms with Gasteiger partial charge in [0.2, 0.25) is 0 Å². The van der Waals surface area contributed by atoms with E-state index in [0.29, 0.717) is 12.0 Å². The van der Waals surface area contributed by atoms with Gasteiger partial charge in [0, 0.05) is 12.0 Å². The predicted octanol–water partition coefficient (Wildman–Crippen LogP) is 2.35. The van der Waals surface area contributed by atoms with Crippen LogP contribution in [0.25, 0.3) is 0 Å². The van der Waals surface area contributed by atoms with Crippen LogP contribution in [0.4, 0.5) is 0 Å². The highest BCUT2D eigenvalue weighted by atomic mass is 32.1. The quantitative estimate of drug-likeness (QED) is 0.740. The molecule has 0 unspecified atom stereocenters. The van der Waals surface area contributed by atoms with Gasteiger partial charge in [0.1, 0.15) is 0 Å². The zero-order valence-electron chi connectivity index (χ0n) is 8.09. The second-order valence-corrected chi connectivity index (χ2v) is 3.97. The lowest BCUT2D eigenvalue weighted by Crippen LogP contribution is -2.01. The highest BCUT2D eigenvalue weighted by Crippen LogP contribution is 2.10. The van der Waals surface area contributed by atoms with Crippen molar-refractivity contribution in [1.82, 2.24) is 10.2 Å². The first-order valence-corrected chi connectivity index (χ1v) is 5.61. The molecule has 0 aromatic carbocycles. The van der Waals surface area contributed by atoms with Gasteiger partial charge in [-0.25, -0.2) is 0 Å². The normalized spacial score (nSPS) is 10.1. The standard InChI is InChI=1S/C11H10N2OS/c14-11(10-3-5-12-13-7-10)2-1-9-4-6-15-8-9/h3-8H,1-2H2. The van der Waals surface area contributed by atoms with E-state index in [4.69, 9.17) is 0 Å². The molecule has 0 saturated carbocycles. The third-order valence-electron chi connectivity index (χ3n) is 2.13. The molecule has 2 aromatic rings. The summed E-state index contributed by atoms with van der Waals surface area (Å²) >= 11 is 1.65. The van der Waals surface area contributed by atoms with Gasteiger partial charge in [-0.15, -0.1) is 0 Å². The highest BCUT2D eigenvalue weighted by molar-refractivity contribution is 7.07. The fourth-order valence-electron chi connectivity index (χ4n) is 1.29. The Morgan fingerprint density at radius 2 is 2.27 bits per heavy atom.